The minimum atomic E-state index is -3.01. The van der Waals surface area contributed by atoms with Crippen molar-refractivity contribution in [2.24, 2.45) is 0 Å². The molecule has 12 heteroatoms. The summed E-state index contributed by atoms with van der Waals surface area (Å²) in [6, 6.07) is 7.82. The molecule has 1 atom stereocenters. The fraction of sp³-hybridized carbons (Fsp3) is 0.391. The molecular weight excluding hydrogens is 482 g/mol. The number of imidazole rings is 1. The van der Waals surface area contributed by atoms with Crippen LogP contribution in [0.15, 0.2) is 41.7 Å². The van der Waals surface area contributed by atoms with E-state index >= 15 is 0 Å². The van der Waals surface area contributed by atoms with Gasteiger partial charge in [0.15, 0.2) is 6.61 Å². The summed E-state index contributed by atoms with van der Waals surface area (Å²) in [5.74, 6) is -3.37. The summed E-state index contributed by atoms with van der Waals surface area (Å²) < 4.78 is 51.2. The SMILES string of the molecule is CC(=O)OCCN(C)C(=O)n1c([S@](=O)Cc2nccc(OCC(C)(F)F)c2C)nc2ccccc21. The third-order valence-corrected chi connectivity index (χ3v) is 6.21. The van der Waals surface area contributed by atoms with Crippen LogP contribution in [0.5, 0.6) is 5.75 Å². The molecule has 2 aromatic heterocycles. The summed E-state index contributed by atoms with van der Waals surface area (Å²) in [5, 5.41) is 0.0168. The van der Waals surface area contributed by atoms with E-state index in [4.69, 9.17) is 9.47 Å². The van der Waals surface area contributed by atoms with Crippen LogP contribution in [0.3, 0.4) is 0 Å². The van der Waals surface area contributed by atoms with E-state index in [1.165, 1.54) is 35.7 Å². The van der Waals surface area contributed by atoms with Gasteiger partial charge in [0, 0.05) is 32.7 Å². The number of alkyl halides is 2. The molecule has 1 aromatic carbocycles. The molecule has 3 rings (SSSR count). The maximum absolute atomic E-state index is 13.4. The number of para-hydroxylation sites is 2. The van der Waals surface area contributed by atoms with Crippen LogP contribution in [-0.4, -0.2) is 68.4 Å². The Labute approximate surface area is 203 Å². The summed E-state index contributed by atoms with van der Waals surface area (Å²) in [5.41, 5.74) is 1.78. The number of hydrogen-bond acceptors (Lipinski definition) is 7. The van der Waals surface area contributed by atoms with Gasteiger partial charge in [-0.2, -0.15) is 0 Å². The lowest BCUT2D eigenvalue weighted by atomic mass is 10.2. The second-order valence-corrected chi connectivity index (χ2v) is 9.34. The third-order valence-electron chi connectivity index (χ3n) is 4.99. The number of esters is 1. The van der Waals surface area contributed by atoms with Gasteiger partial charge >= 0.3 is 12.0 Å². The Morgan fingerprint density at radius 2 is 1.94 bits per heavy atom. The number of halogens is 2. The molecule has 0 saturated heterocycles. The molecule has 3 aromatic rings. The Bertz CT molecular complexity index is 1260. The smallest absolute Gasteiger partial charge is 0.330 e. The van der Waals surface area contributed by atoms with Crippen LogP contribution in [0.2, 0.25) is 0 Å². The van der Waals surface area contributed by atoms with Crippen molar-refractivity contribution in [3.05, 3.63) is 47.8 Å². The van der Waals surface area contributed by atoms with Gasteiger partial charge in [0.1, 0.15) is 12.4 Å². The summed E-state index contributed by atoms with van der Waals surface area (Å²) in [7, 11) is -0.284. The maximum Gasteiger partial charge on any atom is 0.330 e. The number of fused-ring (bicyclic) bond motifs is 1. The fourth-order valence-electron chi connectivity index (χ4n) is 3.19. The number of rotatable bonds is 9. The molecule has 0 aliphatic heterocycles. The van der Waals surface area contributed by atoms with Gasteiger partial charge in [0.05, 0.1) is 39.8 Å². The van der Waals surface area contributed by atoms with Crippen LogP contribution >= 0.6 is 0 Å². The second kappa shape index (κ2) is 10.9. The number of carbonyl (C=O) groups is 2. The van der Waals surface area contributed by atoms with Gasteiger partial charge in [-0.3, -0.25) is 14.0 Å². The molecule has 9 nitrogen and oxygen atoms in total. The molecule has 0 spiro atoms. The zero-order valence-corrected chi connectivity index (χ0v) is 20.6. The lowest BCUT2D eigenvalue weighted by Gasteiger charge is -2.19. The van der Waals surface area contributed by atoms with E-state index in [0.717, 1.165) is 6.92 Å². The molecule has 0 N–H and O–H groups in total. The first-order valence-corrected chi connectivity index (χ1v) is 12.0. The van der Waals surface area contributed by atoms with Crippen molar-refractivity contribution in [3.63, 3.8) is 0 Å². The lowest BCUT2D eigenvalue weighted by molar-refractivity contribution is -0.141. The van der Waals surface area contributed by atoms with E-state index in [1.807, 2.05) is 0 Å². The number of ether oxygens (including phenoxy) is 2. The van der Waals surface area contributed by atoms with Crippen molar-refractivity contribution in [1.82, 2.24) is 19.4 Å². The predicted octanol–water partition coefficient (Wildman–Crippen LogP) is 3.54. The van der Waals surface area contributed by atoms with Gasteiger partial charge in [-0.25, -0.2) is 23.1 Å². The highest BCUT2D eigenvalue weighted by Crippen LogP contribution is 2.25. The van der Waals surface area contributed by atoms with E-state index in [2.05, 4.69) is 9.97 Å². The third kappa shape index (κ3) is 6.59. The van der Waals surface area contributed by atoms with Crippen LogP contribution in [0.4, 0.5) is 13.6 Å². The van der Waals surface area contributed by atoms with Gasteiger partial charge in [-0.05, 0) is 25.1 Å². The molecule has 0 radical (unpaired) electrons. The predicted molar refractivity (Wildman–Crippen MR) is 125 cm³/mol. The number of amides is 1. The van der Waals surface area contributed by atoms with Gasteiger partial charge in [-0.15, -0.1) is 0 Å². The van der Waals surface area contributed by atoms with E-state index in [0.29, 0.717) is 22.3 Å². The molecule has 1 amide bonds. The van der Waals surface area contributed by atoms with Crippen molar-refractivity contribution in [2.45, 2.75) is 37.6 Å². The van der Waals surface area contributed by atoms with Crippen LogP contribution in [0.1, 0.15) is 25.1 Å². The highest BCUT2D eigenvalue weighted by Gasteiger charge is 2.26. The Morgan fingerprint density at radius 3 is 2.63 bits per heavy atom. The summed E-state index contributed by atoms with van der Waals surface area (Å²) in [4.78, 5) is 34.2. The zero-order chi connectivity index (χ0) is 25.8. The number of hydrogen-bond donors (Lipinski definition) is 0. The molecule has 0 saturated carbocycles. The highest BCUT2D eigenvalue weighted by atomic mass is 32.2. The van der Waals surface area contributed by atoms with Crippen LogP contribution in [0, 0.1) is 6.92 Å². The Hall–Kier alpha value is -3.41. The Kier molecular flexibility index (Phi) is 8.15. The minimum absolute atomic E-state index is 0.00926. The zero-order valence-electron chi connectivity index (χ0n) is 19.8. The molecule has 0 fully saturated rings. The first-order chi connectivity index (χ1) is 16.5. The number of pyridine rings is 1. The molecule has 0 bridgehead atoms. The average molecular weight is 509 g/mol. The molecule has 35 heavy (non-hydrogen) atoms. The van der Waals surface area contributed by atoms with E-state index in [1.54, 1.807) is 31.2 Å². The van der Waals surface area contributed by atoms with Gasteiger partial charge in [0.2, 0.25) is 5.16 Å². The fourth-order valence-corrected chi connectivity index (χ4v) is 4.44. The number of carbonyl (C=O) groups excluding carboxylic acids is 2. The summed E-state index contributed by atoms with van der Waals surface area (Å²) >= 11 is 0. The minimum Gasteiger partial charge on any atom is -0.487 e. The molecule has 188 valence electrons. The standard InChI is InChI=1S/C23H26F2N4O5S/c1-15-18(26-10-9-20(15)34-14-23(3,24)25)13-35(32)21-27-17-7-5-6-8-19(17)29(21)22(31)28(4)11-12-33-16(2)30/h5-10H,11-14H2,1-4H3/t35-/m1/s1. The normalized spacial score (nSPS) is 12.4. The summed E-state index contributed by atoms with van der Waals surface area (Å²) in [6.45, 7) is 3.00. The molecule has 0 unspecified atom stereocenters. The van der Waals surface area contributed by atoms with Crippen LogP contribution < -0.4 is 4.74 Å². The Morgan fingerprint density at radius 1 is 1.23 bits per heavy atom. The van der Waals surface area contributed by atoms with E-state index in [-0.39, 0.29) is 29.8 Å². The van der Waals surface area contributed by atoms with E-state index < -0.39 is 35.3 Å². The average Bonchev–Trinajstić information content (AvgIpc) is 3.18. The van der Waals surface area contributed by atoms with Crippen LogP contribution in [-0.2, 0) is 26.1 Å². The highest BCUT2D eigenvalue weighted by molar-refractivity contribution is 7.84. The number of benzene rings is 1. The quantitative estimate of drug-likeness (QED) is 0.407. The summed E-state index contributed by atoms with van der Waals surface area (Å²) in [6.07, 6.45) is 1.39. The van der Waals surface area contributed by atoms with Gasteiger partial charge in [-0.1, -0.05) is 12.1 Å². The van der Waals surface area contributed by atoms with Crippen molar-refractivity contribution in [3.8, 4) is 5.75 Å². The first-order valence-electron chi connectivity index (χ1n) is 10.7. The molecule has 0 aliphatic carbocycles. The maximum atomic E-state index is 13.4. The second-order valence-electron chi connectivity index (χ2n) is 7.99. The van der Waals surface area contributed by atoms with E-state index in [9.17, 15) is 22.6 Å². The number of likely N-dealkylation sites (N-methyl/N-ethyl adjacent to an activating group) is 1. The largest absolute Gasteiger partial charge is 0.487 e. The van der Waals surface area contributed by atoms with Crippen molar-refractivity contribution < 1.29 is 32.1 Å². The van der Waals surface area contributed by atoms with Crippen molar-refractivity contribution in [2.75, 3.05) is 26.8 Å². The molecule has 0 aliphatic rings. The van der Waals surface area contributed by atoms with Crippen LogP contribution in [0.25, 0.3) is 11.0 Å². The monoisotopic (exact) mass is 508 g/mol. The number of nitrogens with zero attached hydrogens (tertiary/aromatic N) is 4. The van der Waals surface area contributed by atoms with Gasteiger partial charge < -0.3 is 14.4 Å². The topological polar surface area (TPSA) is 104 Å². The van der Waals surface area contributed by atoms with Crippen molar-refractivity contribution >= 4 is 33.8 Å². The van der Waals surface area contributed by atoms with Crippen molar-refractivity contribution in [1.29, 1.82) is 0 Å². The molecular formula is C23H26F2N4O5S. The molecule has 2 heterocycles. The van der Waals surface area contributed by atoms with Gasteiger partial charge in [0.25, 0.3) is 5.92 Å². The first kappa shape index (κ1) is 26.2. The number of aromatic nitrogens is 3. The lowest BCUT2D eigenvalue weighted by Crippen LogP contribution is -2.35. The Balaban J connectivity index is 1.89.